The number of carbonyl (C=O) groups is 2. The zero-order chi connectivity index (χ0) is 28.7. The van der Waals surface area contributed by atoms with Gasteiger partial charge in [0, 0.05) is 12.6 Å². The van der Waals surface area contributed by atoms with Gasteiger partial charge in [0.25, 0.3) is 10.0 Å². The summed E-state index contributed by atoms with van der Waals surface area (Å²) in [5, 5.41) is 3.43. The van der Waals surface area contributed by atoms with Gasteiger partial charge in [-0.05, 0) is 62.2 Å². The van der Waals surface area contributed by atoms with E-state index in [4.69, 9.17) is 23.2 Å². The van der Waals surface area contributed by atoms with Crippen molar-refractivity contribution in [2.45, 2.75) is 50.7 Å². The number of hydrogen-bond acceptors (Lipinski definition) is 4. The number of anilines is 1. The molecule has 0 saturated carbocycles. The Balaban J connectivity index is 2.04. The van der Waals surface area contributed by atoms with Crippen LogP contribution in [-0.4, -0.2) is 43.8 Å². The van der Waals surface area contributed by atoms with Crippen molar-refractivity contribution < 1.29 is 22.4 Å². The van der Waals surface area contributed by atoms with Crippen LogP contribution in [0.4, 0.5) is 10.1 Å². The van der Waals surface area contributed by atoms with Gasteiger partial charge in [0.05, 0.1) is 20.6 Å². The summed E-state index contributed by atoms with van der Waals surface area (Å²) in [5.41, 5.74) is 0.283. The first-order valence-electron chi connectivity index (χ1n) is 12.3. The number of para-hydroxylation sites is 1. The van der Waals surface area contributed by atoms with Crippen LogP contribution in [-0.2, 0) is 26.2 Å². The number of amides is 2. The molecular formula is C28H30Cl2FN3O4S. The van der Waals surface area contributed by atoms with Crippen LogP contribution in [0.1, 0.15) is 32.8 Å². The standard InChI is InChI=1S/C28H30Cl2FN3O4S/c1-4-19(2)32-28(36)20(3)33(17-21-14-15-23(29)24(30)16-21)27(35)18-34(26-13-9-8-12-25(26)31)39(37,38)22-10-6-5-7-11-22/h5-16,19-20H,4,17-18H2,1-3H3,(H,32,36)/t19-,20+/m0/s1. The number of benzene rings is 3. The Kier molecular flexibility index (Phi) is 10.4. The molecule has 0 bridgehead atoms. The predicted octanol–water partition coefficient (Wildman–Crippen LogP) is 5.66. The van der Waals surface area contributed by atoms with E-state index in [9.17, 15) is 22.4 Å². The summed E-state index contributed by atoms with van der Waals surface area (Å²) in [7, 11) is -4.35. The maximum atomic E-state index is 14.9. The molecule has 3 aromatic rings. The lowest BCUT2D eigenvalue weighted by Crippen LogP contribution is -2.52. The van der Waals surface area contributed by atoms with Gasteiger partial charge in [-0.25, -0.2) is 12.8 Å². The Morgan fingerprint density at radius 1 is 0.949 bits per heavy atom. The minimum absolute atomic E-state index is 0.0681. The number of carbonyl (C=O) groups excluding carboxylic acids is 2. The molecular weight excluding hydrogens is 564 g/mol. The number of nitrogens with one attached hydrogen (secondary N) is 1. The number of nitrogens with zero attached hydrogens (tertiary/aromatic N) is 2. The van der Waals surface area contributed by atoms with Crippen LogP contribution in [0.15, 0.2) is 77.7 Å². The van der Waals surface area contributed by atoms with E-state index >= 15 is 0 Å². The highest BCUT2D eigenvalue weighted by atomic mass is 35.5. The number of rotatable bonds is 11. The van der Waals surface area contributed by atoms with Crippen molar-refractivity contribution in [3.63, 3.8) is 0 Å². The molecule has 3 rings (SSSR count). The van der Waals surface area contributed by atoms with Crippen molar-refractivity contribution in [2.24, 2.45) is 0 Å². The van der Waals surface area contributed by atoms with Crippen LogP contribution < -0.4 is 9.62 Å². The molecule has 2 amide bonds. The molecule has 1 N–H and O–H groups in total. The largest absolute Gasteiger partial charge is 0.352 e. The number of hydrogen-bond donors (Lipinski definition) is 1. The van der Waals surface area contributed by atoms with E-state index in [1.807, 2.05) is 13.8 Å². The minimum Gasteiger partial charge on any atom is -0.352 e. The first-order valence-corrected chi connectivity index (χ1v) is 14.5. The maximum absolute atomic E-state index is 14.9. The smallest absolute Gasteiger partial charge is 0.264 e. The molecule has 7 nitrogen and oxygen atoms in total. The Labute approximate surface area is 238 Å². The summed E-state index contributed by atoms with van der Waals surface area (Å²) in [6.07, 6.45) is 0.676. The molecule has 0 heterocycles. The third-order valence-corrected chi connectivity index (χ3v) is 8.75. The molecule has 11 heteroatoms. The van der Waals surface area contributed by atoms with Gasteiger partial charge in [0.15, 0.2) is 0 Å². The van der Waals surface area contributed by atoms with Crippen LogP contribution in [0.3, 0.4) is 0 Å². The van der Waals surface area contributed by atoms with Gasteiger partial charge in [-0.2, -0.15) is 0 Å². The van der Waals surface area contributed by atoms with Crippen molar-refractivity contribution >= 4 is 50.7 Å². The lowest BCUT2D eigenvalue weighted by Gasteiger charge is -2.32. The summed E-state index contributed by atoms with van der Waals surface area (Å²) < 4.78 is 42.9. The van der Waals surface area contributed by atoms with E-state index < -0.39 is 40.2 Å². The van der Waals surface area contributed by atoms with Crippen molar-refractivity contribution in [2.75, 3.05) is 10.8 Å². The molecule has 0 saturated heterocycles. The summed E-state index contributed by atoms with van der Waals surface area (Å²) in [6.45, 7) is 4.48. The highest BCUT2D eigenvalue weighted by Crippen LogP contribution is 2.28. The van der Waals surface area contributed by atoms with E-state index in [0.29, 0.717) is 17.0 Å². The summed E-state index contributed by atoms with van der Waals surface area (Å²) >= 11 is 12.2. The first-order chi connectivity index (χ1) is 18.4. The molecule has 0 spiro atoms. The van der Waals surface area contributed by atoms with Crippen LogP contribution in [0, 0.1) is 5.82 Å². The third-order valence-electron chi connectivity index (χ3n) is 6.24. The van der Waals surface area contributed by atoms with Gasteiger partial charge >= 0.3 is 0 Å². The zero-order valence-corrected chi connectivity index (χ0v) is 24.1. The molecule has 0 unspecified atom stereocenters. The van der Waals surface area contributed by atoms with Gasteiger partial charge in [-0.15, -0.1) is 0 Å². The number of halogens is 3. The maximum Gasteiger partial charge on any atom is 0.264 e. The fraction of sp³-hybridized carbons (Fsp3) is 0.286. The van der Waals surface area contributed by atoms with Crippen LogP contribution in [0.2, 0.25) is 10.0 Å². The quantitative estimate of drug-likeness (QED) is 0.311. The molecule has 39 heavy (non-hydrogen) atoms. The second kappa shape index (κ2) is 13.3. The topological polar surface area (TPSA) is 86.8 Å². The van der Waals surface area contributed by atoms with E-state index in [-0.39, 0.29) is 28.2 Å². The van der Waals surface area contributed by atoms with Crippen LogP contribution in [0.25, 0.3) is 0 Å². The Morgan fingerprint density at radius 3 is 2.21 bits per heavy atom. The Bertz CT molecular complexity index is 1420. The zero-order valence-electron chi connectivity index (χ0n) is 21.8. The van der Waals surface area contributed by atoms with Crippen LogP contribution in [0.5, 0.6) is 0 Å². The lowest BCUT2D eigenvalue weighted by molar-refractivity contribution is -0.139. The second-order valence-corrected chi connectivity index (χ2v) is 11.7. The Hall–Kier alpha value is -3.14. The van der Waals surface area contributed by atoms with E-state index in [1.54, 1.807) is 31.2 Å². The van der Waals surface area contributed by atoms with Gasteiger partial charge in [-0.3, -0.25) is 13.9 Å². The van der Waals surface area contributed by atoms with Crippen molar-refractivity contribution in [3.8, 4) is 0 Å². The highest BCUT2D eigenvalue weighted by molar-refractivity contribution is 7.92. The predicted molar refractivity (Wildman–Crippen MR) is 152 cm³/mol. The SMILES string of the molecule is CC[C@H](C)NC(=O)[C@@H](C)N(Cc1ccc(Cl)c(Cl)c1)C(=O)CN(c1ccccc1F)S(=O)(=O)c1ccccc1. The van der Waals surface area contributed by atoms with Crippen molar-refractivity contribution in [1.82, 2.24) is 10.2 Å². The fourth-order valence-electron chi connectivity index (χ4n) is 3.77. The molecule has 0 aliphatic rings. The van der Waals surface area contributed by atoms with Gasteiger partial charge < -0.3 is 10.2 Å². The van der Waals surface area contributed by atoms with Gasteiger partial charge in [0.1, 0.15) is 18.4 Å². The highest BCUT2D eigenvalue weighted by Gasteiger charge is 2.33. The average Bonchev–Trinajstić information content (AvgIpc) is 2.92. The van der Waals surface area contributed by atoms with E-state index in [2.05, 4.69) is 5.32 Å². The summed E-state index contributed by atoms with van der Waals surface area (Å²) in [4.78, 5) is 28.0. The molecule has 0 aromatic heterocycles. The second-order valence-electron chi connectivity index (χ2n) is 9.04. The average molecular weight is 595 g/mol. The van der Waals surface area contributed by atoms with Gasteiger partial charge in [0.2, 0.25) is 11.8 Å². The molecule has 0 aliphatic heterocycles. The molecule has 0 aliphatic carbocycles. The number of sulfonamides is 1. The Morgan fingerprint density at radius 2 is 1.59 bits per heavy atom. The molecule has 208 valence electrons. The fourth-order valence-corrected chi connectivity index (χ4v) is 5.53. The minimum atomic E-state index is -4.35. The normalized spacial score (nSPS) is 12.9. The van der Waals surface area contributed by atoms with Gasteiger partial charge in [-0.1, -0.05) is 66.5 Å². The van der Waals surface area contributed by atoms with Crippen molar-refractivity contribution in [3.05, 3.63) is 94.2 Å². The molecule has 2 atom stereocenters. The lowest BCUT2D eigenvalue weighted by atomic mass is 10.1. The van der Waals surface area contributed by atoms with Crippen molar-refractivity contribution in [1.29, 1.82) is 0 Å². The molecule has 3 aromatic carbocycles. The monoisotopic (exact) mass is 593 g/mol. The van der Waals surface area contributed by atoms with E-state index in [0.717, 1.165) is 10.4 Å². The van der Waals surface area contributed by atoms with E-state index in [1.165, 1.54) is 47.4 Å². The third kappa shape index (κ3) is 7.50. The molecule has 0 radical (unpaired) electrons. The summed E-state index contributed by atoms with van der Waals surface area (Å²) in [5.74, 6) is -1.94. The molecule has 0 fully saturated rings. The first kappa shape index (κ1) is 30.4. The summed E-state index contributed by atoms with van der Waals surface area (Å²) in [6, 6.07) is 16.4. The van der Waals surface area contributed by atoms with Crippen LogP contribution >= 0.6 is 23.2 Å².